The van der Waals surface area contributed by atoms with Crippen molar-refractivity contribution in [3.63, 3.8) is 0 Å². The van der Waals surface area contributed by atoms with Crippen molar-refractivity contribution in [2.75, 3.05) is 0 Å². The van der Waals surface area contributed by atoms with Crippen LogP contribution in [0.4, 0.5) is 0 Å². The van der Waals surface area contributed by atoms with Crippen LogP contribution >= 0.6 is 0 Å². The Balaban J connectivity index is 2.43. The zero-order chi connectivity index (χ0) is 15.6. The second-order valence-corrected chi connectivity index (χ2v) is 7.85. The molecule has 0 saturated carbocycles. The number of hydrogen-bond donors (Lipinski definition) is 0. The molecule has 0 aliphatic heterocycles. The molecule has 0 N–H and O–H groups in total. The highest BCUT2D eigenvalue weighted by molar-refractivity contribution is 7.85. The molecule has 0 radical (unpaired) electrons. The van der Waals surface area contributed by atoms with Gasteiger partial charge < -0.3 is 4.52 Å². The minimum absolute atomic E-state index is 0.394. The summed E-state index contributed by atoms with van der Waals surface area (Å²) in [5.41, 5.74) is 3.89. The average Bonchev–Trinajstić information content (AvgIpc) is 2.77. The first-order valence-electron chi connectivity index (χ1n) is 6.79. The van der Waals surface area contributed by atoms with Crippen LogP contribution in [0.5, 0.6) is 0 Å². The second kappa shape index (κ2) is 5.93. The quantitative estimate of drug-likeness (QED) is 0.810. The predicted octanol–water partition coefficient (Wildman–Crippen LogP) is 3.84. The number of benzene rings is 1. The van der Waals surface area contributed by atoms with E-state index in [4.69, 9.17) is 4.52 Å². The fourth-order valence-corrected chi connectivity index (χ4v) is 2.42. The van der Waals surface area contributed by atoms with Gasteiger partial charge in [0.05, 0.1) is 22.2 Å². The van der Waals surface area contributed by atoms with Crippen LogP contribution in [0.15, 0.2) is 33.2 Å². The lowest BCUT2D eigenvalue weighted by Gasteiger charge is -2.12. The van der Waals surface area contributed by atoms with Crippen molar-refractivity contribution in [3.8, 4) is 11.1 Å². The molecule has 0 fully saturated rings. The van der Waals surface area contributed by atoms with Gasteiger partial charge in [-0.2, -0.15) is 4.40 Å². The molecule has 0 amide bonds. The molecule has 2 aromatic rings. The number of hydrogen-bond acceptors (Lipinski definition) is 3. The average molecular weight is 304 g/mol. The third kappa shape index (κ3) is 3.47. The van der Waals surface area contributed by atoms with Gasteiger partial charge in [0.1, 0.15) is 11.0 Å². The van der Waals surface area contributed by atoms with E-state index in [2.05, 4.69) is 9.55 Å². The van der Waals surface area contributed by atoms with Crippen LogP contribution in [0.3, 0.4) is 0 Å². The standard InChI is InChI=1S/C16H20N2O2S/c1-11-8-6-7-9-13(11)15-12(2)18-20-14(15)10-17-21(19)16(3,4)5/h6-10H,1-5H3/b17-10+/t21-/m0/s1. The number of nitrogens with zero attached hydrogens (tertiary/aromatic N) is 2. The summed E-state index contributed by atoms with van der Waals surface area (Å²) in [5, 5.41) is 4.01. The zero-order valence-corrected chi connectivity index (χ0v) is 13.8. The van der Waals surface area contributed by atoms with Gasteiger partial charge in [0, 0.05) is 0 Å². The van der Waals surface area contributed by atoms with E-state index in [0.29, 0.717) is 5.76 Å². The molecule has 1 aromatic heterocycles. The van der Waals surface area contributed by atoms with E-state index in [1.165, 1.54) is 6.21 Å². The lowest BCUT2D eigenvalue weighted by Crippen LogP contribution is -2.19. The van der Waals surface area contributed by atoms with Gasteiger partial charge in [0.2, 0.25) is 0 Å². The van der Waals surface area contributed by atoms with Crippen molar-refractivity contribution in [1.29, 1.82) is 0 Å². The van der Waals surface area contributed by atoms with Gasteiger partial charge in [0.25, 0.3) is 0 Å². The van der Waals surface area contributed by atoms with Gasteiger partial charge in [-0.05, 0) is 45.7 Å². The predicted molar refractivity (Wildman–Crippen MR) is 86.9 cm³/mol. The Hall–Kier alpha value is -1.75. The molecule has 0 aliphatic carbocycles. The van der Waals surface area contributed by atoms with Crippen LogP contribution in [0.1, 0.15) is 37.8 Å². The Bertz CT molecular complexity index is 697. The van der Waals surface area contributed by atoms with Crippen molar-refractivity contribution in [1.82, 2.24) is 5.16 Å². The van der Waals surface area contributed by atoms with Gasteiger partial charge in [-0.3, -0.25) is 0 Å². The summed E-state index contributed by atoms with van der Waals surface area (Å²) in [4.78, 5) is 0. The molecule has 1 atom stereocenters. The Kier molecular flexibility index (Phi) is 4.42. The maximum atomic E-state index is 12.0. The summed E-state index contributed by atoms with van der Waals surface area (Å²) in [6, 6.07) is 8.02. The first-order chi connectivity index (χ1) is 9.80. The highest BCUT2D eigenvalue weighted by Gasteiger charge is 2.20. The van der Waals surface area contributed by atoms with E-state index in [0.717, 1.165) is 22.4 Å². The smallest absolute Gasteiger partial charge is 0.186 e. The lowest BCUT2D eigenvalue weighted by atomic mass is 9.99. The van der Waals surface area contributed by atoms with Crippen LogP contribution in [0.25, 0.3) is 11.1 Å². The number of rotatable bonds is 3. The van der Waals surface area contributed by atoms with Crippen molar-refractivity contribution in [3.05, 3.63) is 41.3 Å². The Morgan fingerprint density at radius 1 is 1.24 bits per heavy atom. The molecule has 0 aliphatic rings. The maximum Gasteiger partial charge on any atom is 0.186 e. The summed E-state index contributed by atoms with van der Waals surface area (Å²) in [6.07, 6.45) is 1.52. The van der Waals surface area contributed by atoms with Crippen LogP contribution in [-0.4, -0.2) is 20.3 Å². The number of aryl methyl sites for hydroxylation is 2. The van der Waals surface area contributed by atoms with Crippen molar-refractivity contribution < 1.29 is 8.73 Å². The molecule has 2 rings (SSSR count). The minimum atomic E-state index is -1.32. The van der Waals surface area contributed by atoms with E-state index < -0.39 is 15.7 Å². The summed E-state index contributed by atoms with van der Waals surface area (Å²) in [5.74, 6) is 0.541. The fraction of sp³-hybridized carbons (Fsp3) is 0.375. The third-order valence-electron chi connectivity index (χ3n) is 3.09. The SMILES string of the molecule is Cc1ccccc1-c1c(C)noc1/C=N/[S@@](=O)C(C)(C)C. The molecule has 21 heavy (non-hydrogen) atoms. The van der Waals surface area contributed by atoms with E-state index in [-0.39, 0.29) is 0 Å². The molecular formula is C16H20N2O2S. The Morgan fingerprint density at radius 2 is 1.90 bits per heavy atom. The first-order valence-corrected chi connectivity index (χ1v) is 7.89. The third-order valence-corrected chi connectivity index (χ3v) is 4.44. The highest BCUT2D eigenvalue weighted by atomic mass is 32.2. The molecule has 0 saturated heterocycles. The van der Waals surface area contributed by atoms with E-state index >= 15 is 0 Å². The summed E-state index contributed by atoms with van der Waals surface area (Å²) in [7, 11) is -1.32. The molecule has 112 valence electrons. The van der Waals surface area contributed by atoms with Crippen molar-refractivity contribution >= 4 is 17.2 Å². The Morgan fingerprint density at radius 3 is 2.52 bits per heavy atom. The van der Waals surface area contributed by atoms with E-state index in [1.807, 2.05) is 58.9 Å². The lowest BCUT2D eigenvalue weighted by molar-refractivity contribution is 0.411. The van der Waals surface area contributed by atoms with Gasteiger partial charge in [-0.25, -0.2) is 4.21 Å². The maximum absolute atomic E-state index is 12.0. The van der Waals surface area contributed by atoms with E-state index in [9.17, 15) is 4.21 Å². The summed E-state index contributed by atoms with van der Waals surface area (Å²) in [6.45, 7) is 9.58. The summed E-state index contributed by atoms with van der Waals surface area (Å²) >= 11 is 0. The van der Waals surface area contributed by atoms with Gasteiger partial charge >= 0.3 is 0 Å². The zero-order valence-electron chi connectivity index (χ0n) is 13.0. The summed E-state index contributed by atoms with van der Waals surface area (Å²) < 4.78 is 21.1. The van der Waals surface area contributed by atoms with Gasteiger partial charge in [0.15, 0.2) is 5.76 Å². The molecule has 0 bridgehead atoms. The molecule has 0 unspecified atom stereocenters. The van der Waals surface area contributed by atoms with Gasteiger partial charge in [-0.15, -0.1) is 0 Å². The highest BCUT2D eigenvalue weighted by Crippen LogP contribution is 2.29. The van der Waals surface area contributed by atoms with Crippen molar-refractivity contribution in [2.24, 2.45) is 4.40 Å². The molecule has 1 aromatic carbocycles. The largest absolute Gasteiger partial charge is 0.354 e. The second-order valence-electron chi connectivity index (χ2n) is 5.92. The number of aromatic nitrogens is 1. The van der Waals surface area contributed by atoms with Crippen LogP contribution in [0.2, 0.25) is 0 Å². The monoisotopic (exact) mass is 304 g/mol. The van der Waals surface area contributed by atoms with Crippen LogP contribution < -0.4 is 0 Å². The molecule has 4 nitrogen and oxygen atoms in total. The molecule has 1 heterocycles. The minimum Gasteiger partial charge on any atom is -0.354 e. The fourth-order valence-electron chi connectivity index (χ4n) is 1.91. The first kappa shape index (κ1) is 15.6. The Labute approximate surface area is 127 Å². The van der Waals surface area contributed by atoms with Crippen LogP contribution in [0, 0.1) is 13.8 Å². The molecule has 5 heteroatoms. The van der Waals surface area contributed by atoms with Gasteiger partial charge in [-0.1, -0.05) is 29.4 Å². The topological polar surface area (TPSA) is 55.5 Å². The molecular weight excluding hydrogens is 284 g/mol. The van der Waals surface area contributed by atoms with Crippen LogP contribution in [-0.2, 0) is 11.0 Å². The normalized spacial score (nSPS) is 13.8. The van der Waals surface area contributed by atoms with Crippen molar-refractivity contribution in [2.45, 2.75) is 39.4 Å². The van der Waals surface area contributed by atoms with E-state index in [1.54, 1.807) is 0 Å². The molecule has 0 spiro atoms.